The van der Waals surface area contributed by atoms with Crippen molar-refractivity contribution in [2.45, 2.75) is 31.7 Å². The predicted octanol–water partition coefficient (Wildman–Crippen LogP) is 1.45. The Morgan fingerprint density at radius 3 is 2.81 bits per heavy atom. The molecule has 2 aromatic rings. The van der Waals surface area contributed by atoms with Gasteiger partial charge in [0.25, 0.3) is 0 Å². The van der Waals surface area contributed by atoms with Gasteiger partial charge >= 0.3 is 0 Å². The average molecular weight is 309 g/mol. The topological polar surface area (TPSA) is 80.0 Å². The third kappa shape index (κ3) is 3.14. The first-order chi connectivity index (χ1) is 10.3. The van der Waals surface area contributed by atoms with Crippen molar-refractivity contribution in [3.63, 3.8) is 0 Å². The summed E-state index contributed by atoms with van der Waals surface area (Å²) in [5, 5.41) is 9.24. The molecule has 8 heteroatoms. The first-order valence-corrected chi connectivity index (χ1v) is 7.43. The molecule has 2 heterocycles. The van der Waals surface area contributed by atoms with Crippen LogP contribution in [0.15, 0.2) is 18.7 Å². The molecule has 0 spiro atoms. The molecule has 0 aliphatic heterocycles. The molecule has 3 rings (SSSR count). The van der Waals surface area contributed by atoms with E-state index in [2.05, 4.69) is 24.8 Å². The number of hydrogen-bond acceptors (Lipinski definition) is 6. The maximum atomic E-state index is 9.08. The summed E-state index contributed by atoms with van der Waals surface area (Å²) >= 11 is 6.04. The van der Waals surface area contributed by atoms with E-state index in [0.29, 0.717) is 30.9 Å². The molecule has 0 radical (unpaired) electrons. The smallest absolute Gasteiger partial charge is 0.241 e. The van der Waals surface area contributed by atoms with Gasteiger partial charge in [-0.05, 0) is 37.3 Å². The maximum absolute atomic E-state index is 9.08. The van der Waals surface area contributed by atoms with E-state index < -0.39 is 0 Å². The number of halogens is 1. The van der Waals surface area contributed by atoms with E-state index in [9.17, 15) is 0 Å². The van der Waals surface area contributed by atoms with Crippen molar-refractivity contribution in [3.8, 4) is 5.95 Å². The standard InChI is InChI=1S/C13H17ClN6O/c14-11-16-12(19-7-5-15-9-19)18-13(17-11)20(6-2-8-21)10-3-1-4-10/h5,7,9-10,21H,1-4,6,8H2. The zero-order valence-electron chi connectivity index (χ0n) is 11.6. The summed E-state index contributed by atoms with van der Waals surface area (Å²) in [6, 6.07) is 0.422. The zero-order chi connectivity index (χ0) is 14.7. The van der Waals surface area contributed by atoms with E-state index >= 15 is 0 Å². The van der Waals surface area contributed by atoms with Gasteiger partial charge in [-0.1, -0.05) is 0 Å². The highest BCUT2D eigenvalue weighted by atomic mass is 35.5. The van der Waals surface area contributed by atoms with Crippen molar-refractivity contribution < 1.29 is 5.11 Å². The lowest BCUT2D eigenvalue weighted by Crippen LogP contribution is -2.42. The number of imidazole rings is 1. The molecule has 21 heavy (non-hydrogen) atoms. The molecule has 0 unspecified atom stereocenters. The van der Waals surface area contributed by atoms with Crippen molar-refractivity contribution >= 4 is 17.5 Å². The molecule has 112 valence electrons. The second kappa shape index (κ2) is 6.36. The summed E-state index contributed by atoms with van der Waals surface area (Å²) in [5.41, 5.74) is 0. The second-order valence-electron chi connectivity index (χ2n) is 5.03. The number of rotatable bonds is 6. The van der Waals surface area contributed by atoms with Crippen LogP contribution in [0, 0.1) is 0 Å². The molecule has 1 N–H and O–H groups in total. The van der Waals surface area contributed by atoms with Crippen LogP contribution in [0.4, 0.5) is 5.95 Å². The summed E-state index contributed by atoms with van der Waals surface area (Å²) in [4.78, 5) is 19.0. The lowest BCUT2D eigenvalue weighted by atomic mass is 9.91. The first kappa shape index (κ1) is 14.2. The molecule has 1 fully saturated rings. The van der Waals surface area contributed by atoms with E-state index in [0.717, 1.165) is 12.8 Å². The number of aromatic nitrogens is 5. The Bertz CT molecular complexity index is 586. The minimum Gasteiger partial charge on any atom is -0.396 e. The molecule has 1 saturated carbocycles. The average Bonchev–Trinajstić information content (AvgIpc) is 2.94. The monoisotopic (exact) mass is 308 g/mol. The molecular weight excluding hydrogens is 292 g/mol. The SMILES string of the molecule is OCCCN(c1nc(Cl)nc(-n2ccnc2)n1)C1CCC1. The van der Waals surface area contributed by atoms with Crippen LogP contribution in [-0.4, -0.2) is 48.8 Å². The van der Waals surface area contributed by atoms with Gasteiger partial charge in [-0.25, -0.2) is 4.98 Å². The van der Waals surface area contributed by atoms with Crippen LogP contribution in [0.5, 0.6) is 0 Å². The van der Waals surface area contributed by atoms with Gasteiger partial charge in [0, 0.05) is 31.6 Å². The number of aliphatic hydroxyl groups is 1. The van der Waals surface area contributed by atoms with Crippen LogP contribution in [0.2, 0.25) is 5.28 Å². The largest absolute Gasteiger partial charge is 0.396 e. The van der Waals surface area contributed by atoms with Crippen LogP contribution >= 0.6 is 11.6 Å². The second-order valence-corrected chi connectivity index (χ2v) is 5.37. The Balaban J connectivity index is 1.91. The molecule has 7 nitrogen and oxygen atoms in total. The van der Waals surface area contributed by atoms with Gasteiger partial charge in [-0.3, -0.25) is 4.57 Å². The van der Waals surface area contributed by atoms with E-state index in [1.165, 1.54) is 6.42 Å². The minimum atomic E-state index is 0.149. The molecule has 0 amide bonds. The summed E-state index contributed by atoms with van der Waals surface area (Å²) < 4.78 is 1.70. The van der Waals surface area contributed by atoms with Crippen LogP contribution in [-0.2, 0) is 0 Å². The van der Waals surface area contributed by atoms with Crippen LogP contribution < -0.4 is 4.90 Å². The number of anilines is 1. The summed E-state index contributed by atoms with van der Waals surface area (Å²) in [7, 11) is 0. The lowest BCUT2D eigenvalue weighted by molar-refractivity contribution is 0.282. The van der Waals surface area contributed by atoms with E-state index in [4.69, 9.17) is 16.7 Å². The quantitative estimate of drug-likeness (QED) is 0.870. The predicted molar refractivity (Wildman–Crippen MR) is 78.6 cm³/mol. The number of hydrogen-bond donors (Lipinski definition) is 1. The van der Waals surface area contributed by atoms with Crippen LogP contribution in [0.1, 0.15) is 25.7 Å². The van der Waals surface area contributed by atoms with Crippen molar-refractivity contribution in [2.75, 3.05) is 18.1 Å². The molecule has 2 aromatic heterocycles. The van der Waals surface area contributed by atoms with E-state index in [1.54, 1.807) is 23.3 Å². The molecule has 0 atom stereocenters. The fraction of sp³-hybridized carbons (Fsp3) is 0.538. The Morgan fingerprint density at radius 2 is 2.19 bits per heavy atom. The van der Waals surface area contributed by atoms with Crippen molar-refractivity contribution in [1.29, 1.82) is 0 Å². The zero-order valence-corrected chi connectivity index (χ0v) is 12.3. The van der Waals surface area contributed by atoms with Gasteiger partial charge in [0.1, 0.15) is 6.33 Å². The van der Waals surface area contributed by atoms with Crippen molar-refractivity contribution in [1.82, 2.24) is 24.5 Å². The molecule has 0 saturated heterocycles. The van der Waals surface area contributed by atoms with E-state index in [1.807, 2.05) is 0 Å². The number of aliphatic hydroxyl groups excluding tert-OH is 1. The molecule has 1 aliphatic rings. The van der Waals surface area contributed by atoms with Crippen molar-refractivity contribution in [3.05, 3.63) is 24.0 Å². The number of nitrogens with zero attached hydrogens (tertiary/aromatic N) is 6. The fourth-order valence-electron chi connectivity index (χ4n) is 2.34. The third-order valence-corrected chi connectivity index (χ3v) is 3.82. The highest BCUT2D eigenvalue weighted by Gasteiger charge is 2.27. The molecular formula is C13H17ClN6O. The summed E-state index contributed by atoms with van der Waals surface area (Å²) in [6.45, 7) is 0.862. The van der Waals surface area contributed by atoms with Crippen LogP contribution in [0.3, 0.4) is 0 Å². The van der Waals surface area contributed by atoms with Gasteiger partial charge in [0.15, 0.2) is 0 Å². The fourth-order valence-corrected chi connectivity index (χ4v) is 2.49. The Morgan fingerprint density at radius 1 is 1.33 bits per heavy atom. The van der Waals surface area contributed by atoms with Gasteiger partial charge in [0.2, 0.25) is 17.2 Å². The Kier molecular flexibility index (Phi) is 4.31. The van der Waals surface area contributed by atoms with Gasteiger partial charge in [-0.2, -0.15) is 15.0 Å². The Labute approximate surface area is 127 Å². The highest BCUT2D eigenvalue weighted by Crippen LogP contribution is 2.28. The first-order valence-electron chi connectivity index (χ1n) is 7.05. The van der Waals surface area contributed by atoms with Gasteiger partial charge in [-0.15, -0.1) is 0 Å². The lowest BCUT2D eigenvalue weighted by Gasteiger charge is -2.37. The molecule has 0 bridgehead atoms. The molecule has 1 aliphatic carbocycles. The Hall–Kier alpha value is -1.73. The third-order valence-electron chi connectivity index (χ3n) is 3.65. The van der Waals surface area contributed by atoms with E-state index in [-0.39, 0.29) is 11.9 Å². The highest BCUT2D eigenvalue weighted by molar-refractivity contribution is 6.28. The van der Waals surface area contributed by atoms with Crippen LogP contribution in [0.25, 0.3) is 5.95 Å². The maximum Gasteiger partial charge on any atom is 0.241 e. The van der Waals surface area contributed by atoms with Crippen molar-refractivity contribution in [2.24, 2.45) is 0 Å². The molecule has 0 aromatic carbocycles. The summed E-state index contributed by atoms with van der Waals surface area (Å²) in [6.07, 6.45) is 9.18. The minimum absolute atomic E-state index is 0.149. The van der Waals surface area contributed by atoms with Gasteiger partial charge in [0.05, 0.1) is 0 Å². The summed E-state index contributed by atoms with van der Waals surface area (Å²) in [5.74, 6) is 1.02. The normalized spacial score (nSPS) is 15.0. The van der Waals surface area contributed by atoms with Gasteiger partial charge < -0.3 is 10.0 Å².